The summed E-state index contributed by atoms with van der Waals surface area (Å²) in [7, 11) is 0. The van der Waals surface area contributed by atoms with Crippen molar-refractivity contribution >= 4 is 11.8 Å². The largest absolute Gasteiger partial charge is 0.162 e. The maximum absolute atomic E-state index is 2.40. The van der Waals surface area contributed by atoms with Gasteiger partial charge < -0.3 is 0 Å². The van der Waals surface area contributed by atoms with Crippen LogP contribution in [0.5, 0.6) is 0 Å². The van der Waals surface area contributed by atoms with Gasteiger partial charge in [-0.1, -0.05) is 19.8 Å². The van der Waals surface area contributed by atoms with Gasteiger partial charge in [0.2, 0.25) is 0 Å². The molecule has 10 heavy (non-hydrogen) atoms. The average Bonchev–Trinajstić information content (AvgIpc) is 2.02. The Labute approximate surface area is 68.8 Å². The van der Waals surface area contributed by atoms with E-state index in [0.29, 0.717) is 0 Å². The van der Waals surface area contributed by atoms with Crippen LogP contribution in [0.3, 0.4) is 0 Å². The zero-order chi connectivity index (χ0) is 7.23. The SMILES string of the molecule is CC1CCCCSCCC1. The van der Waals surface area contributed by atoms with E-state index in [1.807, 2.05) is 0 Å². The maximum Gasteiger partial charge on any atom is -0.00674 e. The molecule has 0 aromatic heterocycles. The molecule has 1 aliphatic heterocycles. The first-order valence-electron chi connectivity index (χ1n) is 4.47. The molecule has 1 heteroatoms. The first kappa shape index (κ1) is 8.45. The van der Waals surface area contributed by atoms with Gasteiger partial charge in [-0.15, -0.1) is 0 Å². The molecule has 1 rings (SSSR count). The molecule has 1 heterocycles. The molecular weight excluding hydrogens is 140 g/mol. The highest BCUT2D eigenvalue weighted by molar-refractivity contribution is 7.99. The summed E-state index contributed by atoms with van der Waals surface area (Å²) in [6.07, 6.45) is 7.31. The van der Waals surface area contributed by atoms with E-state index in [-0.39, 0.29) is 0 Å². The standard InChI is InChI=1S/C9H18S/c1-9-5-2-3-7-10-8-4-6-9/h9H,2-8H2,1H3. The van der Waals surface area contributed by atoms with Crippen LogP contribution in [0.15, 0.2) is 0 Å². The lowest BCUT2D eigenvalue weighted by Gasteiger charge is -2.06. The van der Waals surface area contributed by atoms with Crippen molar-refractivity contribution in [3.8, 4) is 0 Å². The molecule has 0 aliphatic carbocycles. The van der Waals surface area contributed by atoms with Crippen molar-refractivity contribution in [2.75, 3.05) is 11.5 Å². The summed E-state index contributed by atoms with van der Waals surface area (Å²) in [4.78, 5) is 0. The smallest absolute Gasteiger partial charge is 0.00674 e. The van der Waals surface area contributed by atoms with Crippen molar-refractivity contribution in [1.82, 2.24) is 0 Å². The first-order chi connectivity index (χ1) is 4.89. The molecule has 60 valence electrons. The molecule has 1 fully saturated rings. The lowest BCUT2D eigenvalue weighted by atomic mass is 10.00. The van der Waals surface area contributed by atoms with E-state index in [4.69, 9.17) is 0 Å². The second-order valence-electron chi connectivity index (χ2n) is 3.36. The summed E-state index contributed by atoms with van der Waals surface area (Å²) >= 11 is 2.14. The fourth-order valence-corrected chi connectivity index (χ4v) is 2.46. The maximum atomic E-state index is 2.40. The number of hydrogen-bond donors (Lipinski definition) is 0. The second-order valence-corrected chi connectivity index (χ2v) is 4.58. The Morgan fingerprint density at radius 2 is 1.70 bits per heavy atom. The van der Waals surface area contributed by atoms with E-state index in [9.17, 15) is 0 Å². The van der Waals surface area contributed by atoms with Gasteiger partial charge in [0.15, 0.2) is 0 Å². The molecule has 0 N–H and O–H groups in total. The molecule has 0 saturated carbocycles. The average molecular weight is 158 g/mol. The Bertz CT molecular complexity index is 70.8. The van der Waals surface area contributed by atoms with Gasteiger partial charge in [0.1, 0.15) is 0 Å². The predicted octanol–water partition coefficient (Wildman–Crippen LogP) is 3.32. The monoisotopic (exact) mass is 158 g/mol. The minimum Gasteiger partial charge on any atom is -0.162 e. The summed E-state index contributed by atoms with van der Waals surface area (Å²) in [5.41, 5.74) is 0. The van der Waals surface area contributed by atoms with Gasteiger partial charge in [-0.3, -0.25) is 0 Å². The minimum absolute atomic E-state index is 0.999. The summed E-state index contributed by atoms with van der Waals surface area (Å²) in [5.74, 6) is 3.82. The zero-order valence-electron chi connectivity index (χ0n) is 6.94. The third-order valence-electron chi connectivity index (χ3n) is 2.22. The van der Waals surface area contributed by atoms with Crippen LogP contribution in [-0.2, 0) is 0 Å². The van der Waals surface area contributed by atoms with Crippen molar-refractivity contribution in [2.45, 2.75) is 39.0 Å². The van der Waals surface area contributed by atoms with Crippen LogP contribution in [0.25, 0.3) is 0 Å². The molecule has 0 spiro atoms. The highest BCUT2D eigenvalue weighted by Crippen LogP contribution is 2.20. The molecule has 0 bridgehead atoms. The molecule has 0 nitrogen and oxygen atoms in total. The number of thioether (sulfide) groups is 1. The van der Waals surface area contributed by atoms with Gasteiger partial charge >= 0.3 is 0 Å². The van der Waals surface area contributed by atoms with Gasteiger partial charge in [-0.2, -0.15) is 11.8 Å². The quantitative estimate of drug-likeness (QED) is 0.521. The summed E-state index contributed by atoms with van der Waals surface area (Å²) < 4.78 is 0. The van der Waals surface area contributed by atoms with E-state index in [2.05, 4.69) is 18.7 Å². The third-order valence-corrected chi connectivity index (χ3v) is 3.38. The van der Waals surface area contributed by atoms with Gasteiger partial charge in [0, 0.05) is 0 Å². The molecule has 1 atom stereocenters. The lowest BCUT2D eigenvalue weighted by molar-refractivity contribution is 0.472. The van der Waals surface area contributed by atoms with E-state index >= 15 is 0 Å². The van der Waals surface area contributed by atoms with Crippen molar-refractivity contribution in [2.24, 2.45) is 5.92 Å². The molecular formula is C9H18S. The van der Waals surface area contributed by atoms with E-state index < -0.39 is 0 Å². The fraction of sp³-hybridized carbons (Fsp3) is 1.00. The molecule has 0 amide bonds. The van der Waals surface area contributed by atoms with E-state index in [1.165, 1.54) is 43.6 Å². The molecule has 0 aromatic carbocycles. The minimum atomic E-state index is 0.999. The van der Waals surface area contributed by atoms with Gasteiger partial charge in [-0.25, -0.2) is 0 Å². The topological polar surface area (TPSA) is 0 Å². The summed E-state index contributed by atoms with van der Waals surface area (Å²) in [6, 6.07) is 0. The van der Waals surface area contributed by atoms with Crippen LogP contribution >= 0.6 is 11.8 Å². The normalized spacial score (nSPS) is 30.3. The third kappa shape index (κ3) is 3.50. The Balaban J connectivity index is 2.15. The van der Waals surface area contributed by atoms with Crippen LogP contribution in [0.4, 0.5) is 0 Å². The highest BCUT2D eigenvalue weighted by Gasteiger charge is 2.04. The zero-order valence-corrected chi connectivity index (χ0v) is 7.75. The number of hydrogen-bond acceptors (Lipinski definition) is 1. The van der Waals surface area contributed by atoms with E-state index in [0.717, 1.165) is 5.92 Å². The van der Waals surface area contributed by atoms with Crippen molar-refractivity contribution in [3.63, 3.8) is 0 Å². The van der Waals surface area contributed by atoms with Crippen LogP contribution in [-0.4, -0.2) is 11.5 Å². The Kier molecular flexibility index (Phi) is 4.27. The van der Waals surface area contributed by atoms with Crippen molar-refractivity contribution in [3.05, 3.63) is 0 Å². The van der Waals surface area contributed by atoms with Gasteiger partial charge in [0.25, 0.3) is 0 Å². The predicted molar refractivity (Wildman–Crippen MR) is 49.6 cm³/mol. The molecule has 1 saturated heterocycles. The Hall–Kier alpha value is 0.350. The van der Waals surface area contributed by atoms with Crippen LogP contribution in [0.2, 0.25) is 0 Å². The van der Waals surface area contributed by atoms with E-state index in [1.54, 1.807) is 0 Å². The second kappa shape index (κ2) is 5.06. The first-order valence-corrected chi connectivity index (χ1v) is 5.63. The Morgan fingerprint density at radius 3 is 2.60 bits per heavy atom. The molecule has 0 aromatic rings. The summed E-state index contributed by atoms with van der Waals surface area (Å²) in [6.45, 7) is 2.40. The van der Waals surface area contributed by atoms with Crippen molar-refractivity contribution in [1.29, 1.82) is 0 Å². The fourth-order valence-electron chi connectivity index (χ4n) is 1.48. The van der Waals surface area contributed by atoms with Crippen LogP contribution in [0, 0.1) is 5.92 Å². The van der Waals surface area contributed by atoms with Gasteiger partial charge in [0.05, 0.1) is 0 Å². The molecule has 1 aliphatic rings. The molecule has 0 radical (unpaired) electrons. The number of rotatable bonds is 0. The van der Waals surface area contributed by atoms with Crippen molar-refractivity contribution < 1.29 is 0 Å². The van der Waals surface area contributed by atoms with Crippen LogP contribution < -0.4 is 0 Å². The Morgan fingerprint density at radius 1 is 1.00 bits per heavy atom. The highest BCUT2D eigenvalue weighted by atomic mass is 32.2. The van der Waals surface area contributed by atoms with Gasteiger partial charge in [-0.05, 0) is 36.7 Å². The van der Waals surface area contributed by atoms with Crippen LogP contribution in [0.1, 0.15) is 39.0 Å². The lowest BCUT2D eigenvalue weighted by Crippen LogP contribution is -1.93. The summed E-state index contributed by atoms with van der Waals surface area (Å²) in [5, 5.41) is 0. The molecule has 1 unspecified atom stereocenters.